The largest absolute Gasteiger partial charge is 0.467 e. The van der Waals surface area contributed by atoms with Crippen LogP contribution in [0.5, 0.6) is 0 Å². The Kier molecular flexibility index (Phi) is 5.73. The summed E-state index contributed by atoms with van der Waals surface area (Å²) in [6, 6.07) is 3.59. The van der Waals surface area contributed by atoms with E-state index in [0.29, 0.717) is 24.1 Å². The lowest BCUT2D eigenvalue weighted by Crippen LogP contribution is -2.49. The van der Waals surface area contributed by atoms with Gasteiger partial charge in [0.1, 0.15) is 11.9 Å². The van der Waals surface area contributed by atoms with Crippen LogP contribution < -0.4 is 0 Å². The Morgan fingerprint density at radius 2 is 1.96 bits per heavy atom. The Hall–Kier alpha value is -1.33. The lowest BCUT2D eigenvalue weighted by molar-refractivity contribution is -0.134. The maximum Gasteiger partial charge on any atom is 0.222 e. The van der Waals surface area contributed by atoms with Crippen LogP contribution in [0.25, 0.3) is 0 Å². The highest BCUT2D eigenvalue weighted by Crippen LogP contribution is 2.27. The highest BCUT2D eigenvalue weighted by Gasteiger charge is 2.25. The summed E-state index contributed by atoms with van der Waals surface area (Å²) in [4.78, 5) is 16.6. The standard InChI is InChI=1S/C18H28N2O3/c21-16(17-7-4-12-23-17)14-19-8-10-20(11-9-19)18(22)13-15-5-2-1-3-6-15/h4,7,12,15-16,21H,1-3,5-6,8-11,13-14H2. The number of amides is 1. The first-order chi connectivity index (χ1) is 11.2. The molecule has 1 aliphatic heterocycles. The van der Waals surface area contributed by atoms with Gasteiger partial charge in [-0.05, 0) is 30.9 Å². The Morgan fingerprint density at radius 3 is 2.61 bits per heavy atom. The molecule has 1 amide bonds. The second-order valence-corrected chi connectivity index (χ2v) is 6.92. The summed E-state index contributed by atoms with van der Waals surface area (Å²) < 4.78 is 5.24. The lowest BCUT2D eigenvalue weighted by Gasteiger charge is -2.36. The van der Waals surface area contributed by atoms with Crippen molar-refractivity contribution >= 4 is 5.91 Å². The minimum absolute atomic E-state index is 0.322. The summed E-state index contributed by atoms with van der Waals surface area (Å²) in [6.07, 6.45) is 8.08. The average molecular weight is 320 g/mol. The highest BCUT2D eigenvalue weighted by atomic mass is 16.4. The van der Waals surface area contributed by atoms with Gasteiger partial charge in [0.05, 0.1) is 6.26 Å². The third-order valence-electron chi connectivity index (χ3n) is 5.22. The van der Waals surface area contributed by atoms with E-state index in [0.717, 1.165) is 32.6 Å². The van der Waals surface area contributed by atoms with Crippen LogP contribution in [-0.2, 0) is 4.79 Å². The molecule has 2 heterocycles. The molecule has 5 heteroatoms. The molecule has 1 aromatic heterocycles. The third-order valence-corrected chi connectivity index (χ3v) is 5.22. The minimum Gasteiger partial charge on any atom is -0.467 e. The normalized spacial score (nSPS) is 22.2. The number of aliphatic hydroxyl groups excluding tert-OH is 1. The van der Waals surface area contributed by atoms with Gasteiger partial charge < -0.3 is 14.4 Å². The van der Waals surface area contributed by atoms with Crippen LogP contribution in [0.4, 0.5) is 0 Å². The molecule has 0 bridgehead atoms. The van der Waals surface area contributed by atoms with Crippen molar-refractivity contribution in [2.75, 3.05) is 32.7 Å². The average Bonchev–Trinajstić information content (AvgIpc) is 3.11. The van der Waals surface area contributed by atoms with Crippen molar-refractivity contribution < 1.29 is 14.3 Å². The summed E-state index contributed by atoms with van der Waals surface area (Å²) in [5, 5.41) is 10.1. The van der Waals surface area contributed by atoms with Gasteiger partial charge in [-0.2, -0.15) is 0 Å². The van der Waals surface area contributed by atoms with Crippen LogP contribution >= 0.6 is 0 Å². The third kappa shape index (κ3) is 4.58. The number of β-amino-alcohol motifs (C(OH)–C–C–N with tert-alkyl or cyclic N) is 1. The Morgan fingerprint density at radius 1 is 1.22 bits per heavy atom. The van der Waals surface area contributed by atoms with Crippen molar-refractivity contribution in [1.29, 1.82) is 0 Å². The van der Waals surface area contributed by atoms with E-state index in [-0.39, 0.29) is 0 Å². The fourth-order valence-corrected chi connectivity index (χ4v) is 3.76. The highest BCUT2D eigenvalue weighted by molar-refractivity contribution is 5.76. The Bertz CT molecular complexity index is 474. The van der Waals surface area contributed by atoms with Gasteiger partial charge >= 0.3 is 0 Å². The van der Waals surface area contributed by atoms with Crippen LogP contribution in [0.3, 0.4) is 0 Å². The first-order valence-electron chi connectivity index (χ1n) is 8.94. The predicted molar refractivity (Wildman–Crippen MR) is 87.9 cm³/mol. The van der Waals surface area contributed by atoms with E-state index in [2.05, 4.69) is 4.90 Å². The van der Waals surface area contributed by atoms with E-state index in [1.165, 1.54) is 32.1 Å². The number of carbonyl (C=O) groups is 1. The number of hydrogen-bond acceptors (Lipinski definition) is 4. The summed E-state index contributed by atoms with van der Waals surface area (Å²) in [6.45, 7) is 3.77. The van der Waals surface area contributed by atoms with Crippen LogP contribution in [0.1, 0.15) is 50.4 Å². The lowest BCUT2D eigenvalue weighted by atomic mass is 9.86. The molecule has 0 spiro atoms. The molecule has 1 aromatic rings. The fraction of sp³-hybridized carbons (Fsp3) is 0.722. The van der Waals surface area contributed by atoms with Crippen LogP contribution in [0, 0.1) is 5.92 Å². The zero-order valence-corrected chi connectivity index (χ0v) is 13.8. The van der Waals surface area contributed by atoms with Crippen LogP contribution in [0.15, 0.2) is 22.8 Å². The SMILES string of the molecule is O=C(CC1CCCCC1)N1CCN(CC(O)c2ccco2)CC1. The van der Waals surface area contributed by atoms with Crippen LogP contribution in [0.2, 0.25) is 0 Å². The topological polar surface area (TPSA) is 56.9 Å². The van der Waals surface area contributed by atoms with E-state index in [1.807, 2.05) is 4.90 Å². The second-order valence-electron chi connectivity index (χ2n) is 6.92. The van der Waals surface area contributed by atoms with E-state index in [4.69, 9.17) is 4.42 Å². The van der Waals surface area contributed by atoms with E-state index >= 15 is 0 Å². The molecule has 0 radical (unpaired) electrons. The molecule has 1 unspecified atom stereocenters. The zero-order chi connectivity index (χ0) is 16.1. The van der Waals surface area contributed by atoms with E-state index < -0.39 is 6.10 Å². The molecule has 0 aromatic carbocycles. The number of carbonyl (C=O) groups excluding carboxylic acids is 1. The Balaban J connectivity index is 1.40. The van der Waals surface area contributed by atoms with Gasteiger partial charge in [0.2, 0.25) is 5.91 Å². The minimum atomic E-state index is -0.588. The van der Waals surface area contributed by atoms with E-state index in [1.54, 1.807) is 18.4 Å². The van der Waals surface area contributed by atoms with Gasteiger partial charge in [-0.3, -0.25) is 9.69 Å². The first-order valence-corrected chi connectivity index (χ1v) is 8.94. The summed E-state index contributed by atoms with van der Waals surface area (Å²) >= 11 is 0. The van der Waals surface area contributed by atoms with Crippen molar-refractivity contribution in [2.45, 2.75) is 44.6 Å². The van der Waals surface area contributed by atoms with Gasteiger partial charge in [0.15, 0.2) is 0 Å². The van der Waals surface area contributed by atoms with Gasteiger partial charge in [-0.25, -0.2) is 0 Å². The molecule has 23 heavy (non-hydrogen) atoms. The molecule has 1 atom stereocenters. The molecule has 2 fully saturated rings. The molecule has 5 nitrogen and oxygen atoms in total. The molecule has 128 valence electrons. The second kappa shape index (κ2) is 7.97. The number of rotatable bonds is 5. The molecular weight excluding hydrogens is 292 g/mol. The van der Waals surface area contributed by atoms with Gasteiger partial charge in [0.25, 0.3) is 0 Å². The first kappa shape index (κ1) is 16.5. The zero-order valence-electron chi connectivity index (χ0n) is 13.8. The van der Waals surface area contributed by atoms with Crippen molar-refractivity contribution in [1.82, 2.24) is 9.80 Å². The number of furan rings is 1. The summed E-state index contributed by atoms with van der Waals surface area (Å²) in [5.41, 5.74) is 0. The van der Waals surface area contributed by atoms with Gasteiger partial charge in [-0.15, -0.1) is 0 Å². The van der Waals surface area contributed by atoms with Gasteiger partial charge in [-0.1, -0.05) is 19.3 Å². The smallest absolute Gasteiger partial charge is 0.222 e. The number of aliphatic hydroxyl groups is 1. The molecule has 1 saturated heterocycles. The monoisotopic (exact) mass is 320 g/mol. The molecule has 3 rings (SSSR count). The van der Waals surface area contributed by atoms with Crippen molar-refractivity contribution in [2.24, 2.45) is 5.92 Å². The number of hydrogen-bond donors (Lipinski definition) is 1. The number of nitrogens with zero attached hydrogens (tertiary/aromatic N) is 2. The van der Waals surface area contributed by atoms with Crippen molar-refractivity contribution in [3.8, 4) is 0 Å². The van der Waals surface area contributed by atoms with Crippen molar-refractivity contribution in [3.05, 3.63) is 24.2 Å². The fourth-order valence-electron chi connectivity index (χ4n) is 3.76. The van der Waals surface area contributed by atoms with E-state index in [9.17, 15) is 9.90 Å². The predicted octanol–water partition coefficient (Wildman–Crippen LogP) is 2.43. The maximum atomic E-state index is 12.4. The molecule has 1 saturated carbocycles. The summed E-state index contributed by atoms with van der Waals surface area (Å²) in [7, 11) is 0. The quantitative estimate of drug-likeness (QED) is 0.905. The molecule has 1 N–H and O–H groups in total. The van der Waals surface area contributed by atoms with Crippen molar-refractivity contribution in [3.63, 3.8) is 0 Å². The Labute approximate surface area is 138 Å². The molecular formula is C18H28N2O3. The summed E-state index contributed by atoms with van der Waals surface area (Å²) in [5.74, 6) is 1.54. The molecule has 2 aliphatic rings. The molecule has 1 aliphatic carbocycles. The number of piperazine rings is 1. The van der Waals surface area contributed by atoms with Gasteiger partial charge in [0, 0.05) is 39.1 Å². The maximum absolute atomic E-state index is 12.4. The van der Waals surface area contributed by atoms with Crippen LogP contribution in [-0.4, -0.2) is 53.5 Å².